The number of aryl methyl sites for hydroxylation is 1. The van der Waals surface area contributed by atoms with E-state index >= 15 is 0 Å². The molecule has 1 aromatic rings. The van der Waals surface area contributed by atoms with Gasteiger partial charge in [0.2, 0.25) is 0 Å². The average Bonchev–Trinajstić information content (AvgIpc) is 2.41. The molecule has 0 atom stereocenters. The molecule has 0 unspecified atom stereocenters. The van der Waals surface area contributed by atoms with Gasteiger partial charge in [-0.05, 0) is 30.9 Å². The van der Waals surface area contributed by atoms with E-state index < -0.39 is 0 Å². The van der Waals surface area contributed by atoms with Gasteiger partial charge in [-0.25, -0.2) is 0 Å². The predicted octanol–water partition coefficient (Wildman–Crippen LogP) is 3.90. The van der Waals surface area contributed by atoms with E-state index in [4.69, 9.17) is 9.47 Å². The third-order valence-corrected chi connectivity index (χ3v) is 3.81. The smallest absolute Gasteiger partial charge is 0.165 e. The van der Waals surface area contributed by atoms with Crippen molar-refractivity contribution in [3.63, 3.8) is 0 Å². The van der Waals surface area contributed by atoms with Gasteiger partial charge in [-0.2, -0.15) is 0 Å². The monoisotopic (exact) mass is 248 g/mol. The largest absolute Gasteiger partial charge is 0.350 e. The molecule has 0 amide bonds. The molecule has 0 bridgehead atoms. The number of hydrogen-bond acceptors (Lipinski definition) is 2. The number of hydrogen-bond donors (Lipinski definition) is 0. The summed E-state index contributed by atoms with van der Waals surface area (Å²) < 4.78 is 11.7. The summed E-state index contributed by atoms with van der Waals surface area (Å²) in [5.41, 5.74) is 2.74. The molecule has 18 heavy (non-hydrogen) atoms. The van der Waals surface area contributed by atoms with E-state index in [-0.39, 0.29) is 5.79 Å². The Labute approximate surface area is 110 Å². The molecule has 1 aliphatic heterocycles. The molecular weight excluding hydrogens is 224 g/mol. The standard InChI is InChI=1S/C16H24O2/c1-4-6-13-7-9-14(10-8-13)15-11-17-16(3,5-2)18-12-15/h7-10,15H,4-6,11-12H2,1-3H3. The van der Waals surface area contributed by atoms with Gasteiger partial charge in [0.1, 0.15) is 0 Å². The Morgan fingerprint density at radius 2 is 1.72 bits per heavy atom. The molecule has 0 saturated carbocycles. The average molecular weight is 248 g/mol. The Balaban J connectivity index is 1.97. The lowest BCUT2D eigenvalue weighted by molar-refractivity contribution is -0.263. The summed E-state index contributed by atoms with van der Waals surface area (Å²) in [6, 6.07) is 8.90. The Kier molecular flexibility index (Phi) is 4.41. The highest BCUT2D eigenvalue weighted by Gasteiger charge is 2.31. The van der Waals surface area contributed by atoms with E-state index in [1.54, 1.807) is 0 Å². The summed E-state index contributed by atoms with van der Waals surface area (Å²) in [6.07, 6.45) is 3.25. The fraction of sp³-hybridized carbons (Fsp3) is 0.625. The highest BCUT2D eigenvalue weighted by molar-refractivity contribution is 5.26. The van der Waals surface area contributed by atoms with Crippen LogP contribution in [0.4, 0.5) is 0 Å². The highest BCUT2D eigenvalue weighted by Crippen LogP contribution is 2.29. The molecule has 2 nitrogen and oxygen atoms in total. The predicted molar refractivity (Wildman–Crippen MR) is 73.8 cm³/mol. The number of rotatable bonds is 4. The summed E-state index contributed by atoms with van der Waals surface area (Å²) >= 11 is 0. The van der Waals surface area contributed by atoms with Crippen LogP contribution in [0.2, 0.25) is 0 Å². The molecule has 0 spiro atoms. The van der Waals surface area contributed by atoms with Crippen LogP contribution in [0, 0.1) is 0 Å². The Hall–Kier alpha value is -0.860. The number of benzene rings is 1. The third-order valence-electron chi connectivity index (χ3n) is 3.81. The van der Waals surface area contributed by atoms with Gasteiger partial charge >= 0.3 is 0 Å². The lowest BCUT2D eigenvalue weighted by atomic mass is 9.97. The van der Waals surface area contributed by atoms with Crippen molar-refractivity contribution >= 4 is 0 Å². The third kappa shape index (κ3) is 3.12. The van der Waals surface area contributed by atoms with Gasteiger partial charge in [0.15, 0.2) is 5.79 Å². The van der Waals surface area contributed by atoms with E-state index in [0.717, 1.165) is 26.1 Å². The first-order chi connectivity index (χ1) is 8.67. The van der Waals surface area contributed by atoms with Crippen LogP contribution < -0.4 is 0 Å². The minimum absolute atomic E-state index is 0.375. The minimum atomic E-state index is -0.376. The van der Waals surface area contributed by atoms with Crippen molar-refractivity contribution in [3.8, 4) is 0 Å². The van der Waals surface area contributed by atoms with Crippen molar-refractivity contribution in [3.05, 3.63) is 35.4 Å². The maximum atomic E-state index is 5.84. The molecule has 1 aromatic carbocycles. The van der Waals surface area contributed by atoms with E-state index in [0.29, 0.717) is 5.92 Å². The second-order valence-electron chi connectivity index (χ2n) is 5.30. The summed E-state index contributed by atoms with van der Waals surface area (Å²) in [6.45, 7) is 7.85. The maximum Gasteiger partial charge on any atom is 0.165 e. The molecular formula is C16H24O2. The first-order valence-corrected chi connectivity index (χ1v) is 7.03. The highest BCUT2D eigenvalue weighted by atomic mass is 16.7. The van der Waals surface area contributed by atoms with E-state index in [1.807, 2.05) is 6.92 Å². The molecule has 1 saturated heterocycles. The fourth-order valence-corrected chi connectivity index (χ4v) is 2.29. The Morgan fingerprint density at radius 1 is 1.11 bits per heavy atom. The minimum Gasteiger partial charge on any atom is -0.350 e. The second-order valence-corrected chi connectivity index (χ2v) is 5.30. The van der Waals surface area contributed by atoms with Crippen molar-refractivity contribution in [2.45, 2.75) is 51.7 Å². The summed E-state index contributed by atoms with van der Waals surface area (Å²) in [4.78, 5) is 0. The topological polar surface area (TPSA) is 18.5 Å². The summed E-state index contributed by atoms with van der Waals surface area (Å²) in [5.74, 6) is -0.00106. The van der Waals surface area contributed by atoms with Gasteiger partial charge < -0.3 is 9.47 Å². The van der Waals surface area contributed by atoms with Gasteiger partial charge in [0.25, 0.3) is 0 Å². The summed E-state index contributed by atoms with van der Waals surface area (Å²) in [5, 5.41) is 0. The molecule has 2 rings (SSSR count). The lowest BCUT2D eigenvalue weighted by Crippen LogP contribution is -2.40. The lowest BCUT2D eigenvalue weighted by Gasteiger charge is -2.37. The first kappa shape index (κ1) is 13.6. The molecule has 1 aliphatic rings. The molecule has 1 fully saturated rings. The first-order valence-electron chi connectivity index (χ1n) is 7.03. The summed E-state index contributed by atoms with van der Waals surface area (Å²) in [7, 11) is 0. The zero-order valence-electron chi connectivity index (χ0n) is 11.7. The Bertz CT molecular complexity index is 361. The van der Waals surface area contributed by atoms with Crippen LogP contribution in [0.5, 0.6) is 0 Å². The van der Waals surface area contributed by atoms with Crippen molar-refractivity contribution in [2.24, 2.45) is 0 Å². The molecule has 2 heteroatoms. The van der Waals surface area contributed by atoms with Crippen molar-refractivity contribution in [1.29, 1.82) is 0 Å². The zero-order chi connectivity index (χ0) is 13.0. The van der Waals surface area contributed by atoms with Crippen LogP contribution in [0.1, 0.15) is 50.7 Å². The van der Waals surface area contributed by atoms with Crippen LogP contribution in [-0.2, 0) is 15.9 Å². The molecule has 0 radical (unpaired) electrons. The molecule has 0 aromatic heterocycles. The van der Waals surface area contributed by atoms with Gasteiger partial charge in [-0.3, -0.25) is 0 Å². The maximum absolute atomic E-state index is 5.84. The molecule has 1 heterocycles. The quantitative estimate of drug-likeness (QED) is 0.804. The second kappa shape index (κ2) is 5.85. The van der Waals surface area contributed by atoms with Crippen LogP contribution in [-0.4, -0.2) is 19.0 Å². The van der Waals surface area contributed by atoms with Gasteiger partial charge in [0.05, 0.1) is 13.2 Å². The Morgan fingerprint density at radius 3 is 2.22 bits per heavy atom. The SMILES string of the molecule is CCCc1ccc(C2COC(C)(CC)OC2)cc1. The van der Waals surface area contributed by atoms with Crippen LogP contribution in [0.15, 0.2) is 24.3 Å². The van der Waals surface area contributed by atoms with Crippen molar-refractivity contribution in [2.75, 3.05) is 13.2 Å². The van der Waals surface area contributed by atoms with Crippen molar-refractivity contribution < 1.29 is 9.47 Å². The van der Waals surface area contributed by atoms with E-state index in [9.17, 15) is 0 Å². The molecule has 0 aliphatic carbocycles. The van der Waals surface area contributed by atoms with Crippen LogP contribution in [0.25, 0.3) is 0 Å². The zero-order valence-corrected chi connectivity index (χ0v) is 11.7. The van der Waals surface area contributed by atoms with Crippen molar-refractivity contribution in [1.82, 2.24) is 0 Å². The molecule has 0 N–H and O–H groups in total. The van der Waals surface area contributed by atoms with E-state index in [1.165, 1.54) is 17.5 Å². The van der Waals surface area contributed by atoms with Crippen LogP contribution >= 0.6 is 0 Å². The van der Waals surface area contributed by atoms with Gasteiger partial charge in [-0.15, -0.1) is 0 Å². The van der Waals surface area contributed by atoms with Gasteiger partial charge in [0, 0.05) is 5.92 Å². The number of ether oxygens (including phenoxy) is 2. The molecule has 100 valence electrons. The van der Waals surface area contributed by atoms with Gasteiger partial charge in [-0.1, -0.05) is 44.5 Å². The normalized spacial score (nSPS) is 28.3. The van der Waals surface area contributed by atoms with Crippen LogP contribution in [0.3, 0.4) is 0 Å². The van der Waals surface area contributed by atoms with E-state index in [2.05, 4.69) is 38.1 Å². The fourth-order valence-electron chi connectivity index (χ4n) is 2.29.